The molecule has 1 aromatic carbocycles. The van der Waals surface area contributed by atoms with Gasteiger partial charge in [0.1, 0.15) is 0 Å². The first-order chi connectivity index (χ1) is 10.1. The summed E-state index contributed by atoms with van der Waals surface area (Å²) in [6.45, 7) is 3.56. The highest BCUT2D eigenvalue weighted by Gasteiger charge is 2.16. The monoisotopic (exact) mass is 353 g/mol. The van der Waals surface area contributed by atoms with Crippen molar-refractivity contribution in [3.63, 3.8) is 0 Å². The van der Waals surface area contributed by atoms with E-state index in [1.165, 1.54) is 6.42 Å². The third-order valence-electron chi connectivity index (χ3n) is 3.55. The van der Waals surface area contributed by atoms with Crippen LogP contribution in [0, 0.1) is 6.92 Å². The molecule has 114 valence electrons. The van der Waals surface area contributed by atoms with Crippen molar-refractivity contribution in [2.24, 2.45) is 0 Å². The van der Waals surface area contributed by atoms with Crippen LogP contribution in [0.5, 0.6) is 0 Å². The topological polar surface area (TPSA) is 61.4 Å². The molecule has 1 fully saturated rings. The lowest BCUT2D eigenvalue weighted by molar-refractivity contribution is -0.130. The maximum absolute atomic E-state index is 11.9. The van der Waals surface area contributed by atoms with Crippen LogP contribution in [0.15, 0.2) is 22.7 Å². The number of benzene rings is 1. The van der Waals surface area contributed by atoms with E-state index in [0.717, 1.165) is 41.7 Å². The first-order valence-corrected chi connectivity index (χ1v) is 7.94. The number of hydrogen-bond acceptors (Lipinski definition) is 2. The highest BCUT2D eigenvalue weighted by Crippen LogP contribution is 2.19. The predicted molar refractivity (Wildman–Crippen MR) is 86.3 cm³/mol. The first-order valence-electron chi connectivity index (χ1n) is 7.15. The van der Waals surface area contributed by atoms with Crippen molar-refractivity contribution in [1.82, 2.24) is 10.2 Å². The van der Waals surface area contributed by atoms with Crippen molar-refractivity contribution in [3.05, 3.63) is 28.2 Å². The van der Waals surface area contributed by atoms with Gasteiger partial charge in [-0.05, 0) is 49.9 Å². The number of amides is 3. The van der Waals surface area contributed by atoms with Crippen molar-refractivity contribution in [3.8, 4) is 0 Å². The minimum absolute atomic E-state index is 0.0163. The highest BCUT2D eigenvalue weighted by molar-refractivity contribution is 9.10. The molecular weight excluding hydrogens is 334 g/mol. The SMILES string of the molecule is Cc1cc(Br)ccc1NC(=O)NCC(=O)N1CCCCC1. The van der Waals surface area contributed by atoms with Crippen molar-refractivity contribution in [1.29, 1.82) is 0 Å². The number of nitrogens with zero attached hydrogens (tertiary/aromatic N) is 1. The summed E-state index contributed by atoms with van der Waals surface area (Å²) in [6, 6.07) is 5.26. The molecule has 1 heterocycles. The molecule has 6 heteroatoms. The van der Waals surface area contributed by atoms with Gasteiger partial charge in [0.05, 0.1) is 6.54 Å². The molecule has 0 radical (unpaired) electrons. The summed E-state index contributed by atoms with van der Waals surface area (Å²) in [5.41, 5.74) is 1.70. The molecule has 0 bridgehead atoms. The molecule has 0 aromatic heterocycles. The molecule has 5 nitrogen and oxygen atoms in total. The van der Waals surface area contributed by atoms with Gasteiger partial charge < -0.3 is 15.5 Å². The van der Waals surface area contributed by atoms with E-state index < -0.39 is 0 Å². The van der Waals surface area contributed by atoms with E-state index >= 15 is 0 Å². The standard InChI is InChI=1S/C15H20BrN3O2/c1-11-9-12(16)5-6-13(11)18-15(21)17-10-14(20)19-7-3-2-4-8-19/h5-6,9H,2-4,7-8,10H2,1H3,(H2,17,18,21). The van der Waals surface area contributed by atoms with Gasteiger partial charge in [0.25, 0.3) is 0 Å². The summed E-state index contributed by atoms with van der Waals surface area (Å²) in [5.74, 6) is -0.0163. The Bertz CT molecular complexity index is 528. The van der Waals surface area contributed by atoms with Gasteiger partial charge in [-0.3, -0.25) is 4.79 Å². The van der Waals surface area contributed by atoms with Gasteiger partial charge in [0.15, 0.2) is 0 Å². The zero-order valence-corrected chi connectivity index (χ0v) is 13.7. The Labute approximate surface area is 133 Å². The van der Waals surface area contributed by atoms with E-state index in [-0.39, 0.29) is 18.5 Å². The van der Waals surface area contributed by atoms with Crippen LogP contribution in [-0.2, 0) is 4.79 Å². The first kappa shape index (κ1) is 15.8. The number of carbonyl (C=O) groups excluding carboxylic acids is 2. The van der Waals surface area contributed by atoms with E-state index in [1.807, 2.05) is 30.0 Å². The lowest BCUT2D eigenvalue weighted by Gasteiger charge is -2.26. The molecule has 1 aliphatic rings. The Kier molecular flexibility index (Phi) is 5.61. The van der Waals surface area contributed by atoms with Crippen LogP contribution in [0.4, 0.5) is 10.5 Å². The average molecular weight is 354 g/mol. The van der Waals surface area contributed by atoms with E-state index in [0.29, 0.717) is 0 Å². The van der Waals surface area contributed by atoms with Gasteiger partial charge in [-0.25, -0.2) is 4.79 Å². The van der Waals surface area contributed by atoms with Gasteiger partial charge in [-0.15, -0.1) is 0 Å². The third kappa shape index (κ3) is 4.74. The fraction of sp³-hybridized carbons (Fsp3) is 0.467. The van der Waals surface area contributed by atoms with Crippen molar-refractivity contribution in [2.75, 3.05) is 25.0 Å². The molecule has 1 aliphatic heterocycles. The van der Waals surface area contributed by atoms with Gasteiger partial charge in [-0.2, -0.15) is 0 Å². The van der Waals surface area contributed by atoms with Crippen LogP contribution < -0.4 is 10.6 Å². The van der Waals surface area contributed by atoms with Gasteiger partial charge in [0.2, 0.25) is 5.91 Å². The Morgan fingerprint density at radius 3 is 2.62 bits per heavy atom. The van der Waals surface area contributed by atoms with Crippen molar-refractivity contribution in [2.45, 2.75) is 26.2 Å². The number of carbonyl (C=O) groups is 2. The molecule has 21 heavy (non-hydrogen) atoms. The number of piperidine rings is 1. The molecule has 3 amide bonds. The molecule has 1 aromatic rings. The molecule has 0 saturated carbocycles. The summed E-state index contributed by atoms with van der Waals surface area (Å²) in [5, 5.41) is 5.37. The molecule has 1 saturated heterocycles. The highest BCUT2D eigenvalue weighted by atomic mass is 79.9. The average Bonchev–Trinajstić information content (AvgIpc) is 2.48. The van der Waals surface area contributed by atoms with Crippen LogP contribution in [0.25, 0.3) is 0 Å². The van der Waals surface area contributed by atoms with Crippen LogP contribution in [0.1, 0.15) is 24.8 Å². The molecule has 0 unspecified atom stereocenters. The maximum Gasteiger partial charge on any atom is 0.319 e. The summed E-state index contributed by atoms with van der Waals surface area (Å²) in [6.07, 6.45) is 3.28. The lowest BCUT2D eigenvalue weighted by Crippen LogP contribution is -2.43. The number of anilines is 1. The second-order valence-electron chi connectivity index (χ2n) is 5.21. The summed E-state index contributed by atoms with van der Waals surface area (Å²) >= 11 is 3.38. The molecule has 2 rings (SSSR count). The van der Waals surface area contributed by atoms with Crippen LogP contribution >= 0.6 is 15.9 Å². The van der Waals surface area contributed by atoms with E-state index in [1.54, 1.807) is 0 Å². The zero-order valence-electron chi connectivity index (χ0n) is 12.1. The Morgan fingerprint density at radius 1 is 1.24 bits per heavy atom. The maximum atomic E-state index is 11.9. The fourth-order valence-corrected chi connectivity index (χ4v) is 2.82. The Morgan fingerprint density at radius 2 is 1.95 bits per heavy atom. The number of nitrogens with one attached hydrogen (secondary N) is 2. The van der Waals surface area contributed by atoms with E-state index in [2.05, 4.69) is 26.6 Å². The van der Waals surface area contributed by atoms with Crippen molar-refractivity contribution >= 4 is 33.6 Å². The summed E-state index contributed by atoms with van der Waals surface area (Å²) < 4.78 is 0.964. The normalized spacial score (nSPS) is 14.7. The number of halogens is 1. The van der Waals surface area contributed by atoms with Gasteiger partial charge in [0, 0.05) is 23.2 Å². The minimum Gasteiger partial charge on any atom is -0.341 e. The predicted octanol–water partition coefficient (Wildman–Crippen LogP) is 2.89. The molecule has 0 spiro atoms. The fourth-order valence-electron chi connectivity index (χ4n) is 2.34. The van der Waals surface area contributed by atoms with Crippen LogP contribution in [-0.4, -0.2) is 36.5 Å². The number of aryl methyl sites for hydroxylation is 1. The quantitative estimate of drug-likeness (QED) is 0.877. The minimum atomic E-state index is -0.356. The largest absolute Gasteiger partial charge is 0.341 e. The Balaban J connectivity index is 1.80. The van der Waals surface area contributed by atoms with Gasteiger partial charge >= 0.3 is 6.03 Å². The molecule has 2 N–H and O–H groups in total. The van der Waals surface area contributed by atoms with Crippen molar-refractivity contribution < 1.29 is 9.59 Å². The number of hydrogen-bond donors (Lipinski definition) is 2. The molecule has 0 atom stereocenters. The van der Waals surface area contributed by atoms with E-state index in [4.69, 9.17) is 0 Å². The molecular formula is C15H20BrN3O2. The number of likely N-dealkylation sites (tertiary alicyclic amines) is 1. The van der Waals surface area contributed by atoms with Crippen LogP contribution in [0.3, 0.4) is 0 Å². The van der Waals surface area contributed by atoms with Crippen LogP contribution in [0.2, 0.25) is 0 Å². The Hall–Kier alpha value is -1.56. The molecule has 0 aliphatic carbocycles. The number of urea groups is 1. The summed E-state index contributed by atoms with van der Waals surface area (Å²) in [7, 11) is 0. The summed E-state index contributed by atoms with van der Waals surface area (Å²) in [4.78, 5) is 25.6. The second kappa shape index (κ2) is 7.45. The second-order valence-corrected chi connectivity index (χ2v) is 6.12. The van der Waals surface area contributed by atoms with Gasteiger partial charge in [-0.1, -0.05) is 15.9 Å². The zero-order chi connectivity index (χ0) is 15.2. The smallest absolute Gasteiger partial charge is 0.319 e. The third-order valence-corrected chi connectivity index (χ3v) is 4.04. The number of rotatable bonds is 3. The lowest BCUT2D eigenvalue weighted by atomic mass is 10.1. The van der Waals surface area contributed by atoms with E-state index in [9.17, 15) is 9.59 Å².